The number of aliphatic hydroxyl groups is 1. The Morgan fingerprint density at radius 1 is 0.884 bits per heavy atom. The summed E-state index contributed by atoms with van der Waals surface area (Å²) >= 11 is 0. The van der Waals surface area contributed by atoms with E-state index in [0.717, 1.165) is 32.8 Å². The van der Waals surface area contributed by atoms with Crippen LogP contribution >= 0.6 is 0 Å². The first-order chi connectivity index (χ1) is 32.9. The maximum absolute atomic E-state index is 14.3. The van der Waals surface area contributed by atoms with Crippen molar-refractivity contribution in [2.45, 2.75) is 89.6 Å². The van der Waals surface area contributed by atoms with Gasteiger partial charge in [0.1, 0.15) is 19.0 Å². The number of fused-ring (bicyclic) bond motifs is 2. The van der Waals surface area contributed by atoms with Gasteiger partial charge >= 0.3 is 35.9 Å². The fourth-order valence-electron chi connectivity index (χ4n) is 7.63. The molecule has 69 heavy (non-hydrogen) atoms. The fourth-order valence-corrected chi connectivity index (χ4v) is 7.63. The number of hydrogen-bond donors (Lipinski definition) is 2. The van der Waals surface area contributed by atoms with Gasteiger partial charge in [0.05, 0.1) is 50.3 Å². The highest BCUT2D eigenvalue weighted by molar-refractivity contribution is 6.06. The molecule has 2 fully saturated rings. The van der Waals surface area contributed by atoms with Crippen LogP contribution in [0.1, 0.15) is 66.3 Å². The van der Waals surface area contributed by atoms with Gasteiger partial charge in [-0.05, 0) is 36.6 Å². The van der Waals surface area contributed by atoms with E-state index in [0.29, 0.717) is 5.57 Å². The lowest BCUT2D eigenvalue weighted by atomic mass is 9.97. The van der Waals surface area contributed by atoms with E-state index in [1.54, 1.807) is 0 Å². The Hall–Kier alpha value is -7.24. The van der Waals surface area contributed by atoms with Crippen molar-refractivity contribution in [2.24, 2.45) is 0 Å². The van der Waals surface area contributed by atoms with Crippen LogP contribution in [0, 0.1) is 0 Å². The van der Waals surface area contributed by atoms with Gasteiger partial charge in [-0.3, -0.25) is 28.8 Å². The van der Waals surface area contributed by atoms with Crippen LogP contribution in [0.15, 0.2) is 55.1 Å². The highest BCUT2D eigenvalue weighted by Gasteiger charge is 2.56. The summed E-state index contributed by atoms with van der Waals surface area (Å²) in [5, 5.41) is 14.5. The lowest BCUT2D eigenvalue weighted by molar-refractivity contribution is -0.282. The maximum atomic E-state index is 14.3. The van der Waals surface area contributed by atoms with E-state index in [-0.39, 0.29) is 91.8 Å². The number of methoxy groups -OCH3 is 3. The van der Waals surface area contributed by atoms with Crippen LogP contribution in [0.4, 0.5) is 10.5 Å². The number of amides is 3. The van der Waals surface area contributed by atoms with Gasteiger partial charge in [0.25, 0.3) is 11.8 Å². The molecule has 0 radical (unpaired) electrons. The highest BCUT2D eigenvalue weighted by atomic mass is 16.7. The Labute approximate surface area is 396 Å². The molecule has 3 aliphatic heterocycles. The SMILES string of the molecule is C=CCOC(=O)CCCOc1cc2c(cc1OC)C(=O)N1CC(=C)C[C@H]1C(O)N2C(=O)OCc1ccc(O[C@@H]2O[C@H](C(=O)OC)[C@@H](OC(C)=O)[C@H](OC(C)=O)[C@H]2OC(C)=O)c(C(=O)NCCOC)c1. The first-order valence-electron chi connectivity index (χ1n) is 21.5. The van der Waals surface area contributed by atoms with Crippen molar-refractivity contribution < 1.29 is 95.6 Å². The molecule has 0 bridgehead atoms. The lowest BCUT2D eigenvalue weighted by Crippen LogP contribution is -2.64. The van der Waals surface area contributed by atoms with E-state index in [2.05, 4.69) is 18.5 Å². The molecule has 3 heterocycles. The molecule has 23 heteroatoms. The Bertz CT molecular complexity index is 2300. The zero-order valence-corrected chi connectivity index (χ0v) is 38.9. The van der Waals surface area contributed by atoms with E-state index < -0.39 is 97.3 Å². The lowest BCUT2D eigenvalue weighted by Gasteiger charge is -2.43. The quantitative estimate of drug-likeness (QED) is 0.0833. The van der Waals surface area contributed by atoms with Crippen LogP contribution in [0.3, 0.4) is 0 Å². The summed E-state index contributed by atoms with van der Waals surface area (Å²) in [4.78, 5) is 106. The number of nitrogens with zero attached hydrogens (tertiary/aromatic N) is 2. The van der Waals surface area contributed by atoms with Crippen molar-refractivity contribution in [1.82, 2.24) is 10.2 Å². The summed E-state index contributed by atoms with van der Waals surface area (Å²) in [5.74, 6) is -5.64. The molecule has 3 amide bonds. The number of nitrogens with one attached hydrogen (secondary N) is 1. The molecular formula is C46H55N3O20. The van der Waals surface area contributed by atoms with Crippen molar-refractivity contribution in [3.63, 3.8) is 0 Å². The molecule has 5 rings (SSSR count). The first-order valence-corrected chi connectivity index (χ1v) is 21.5. The minimum Gasteiger partial charge on any atom is -0.493 e. The third-order valence-electron chi connectivity index (χ3n) is 10.6. The van der Waals surface area contributed by atoms with Crippen molar-refractivity contribution in [1.29, 1.82) is 0 Å². The molecule has 0 saturated carbocycles. The Morgan fingerprint density at radius 2 is 1.58 bits per heavy atom. The van der Waals surface area contributed by atoms with Gasteiger partial charge in [-0.1, -0.05) is 30.9 Å². The van der Waals surface area contributed by atoms with Crippen molar-refractivity contribution >= 4 is 53.4 Å². The Kier molecular flexibility index (Phi) is 18.5. The van der Waals surface area contributed by atoms with Gasteiger partial charge in [0.15, 0.2) is 36.0 Å². The van der Waals surface area contributed by atoms with Crippen LogP contribution in [0.5, 0.6) is 17.2 Å². The minimum absolute atomic E-state index is 0.000337. The average Bonchev–Trinajstić information content (AvgIpc) is 3.68. The minimum atomic E-state index is -1.83. The average molecular weight is 970 g/mol. The van der Waals surface area contributed by atoms with Gasteiger partial charge in [0, 0.05) is 53.5 Å². The van der Waals surface area contributed by atoms with Gasteiger partial charge < -0.3 is 67.4 Å². The summed E-state index contributed by atoms with van der Waals surface area (Å²) in [7, 11) is 3.79. The van der Waals surface area contributed by atoms with Crippen LogP contribution in [0.2, 0.25) is 0 Å². The van der Waals surface area contributed by atoms with Crippen molar-refractivity contribution in [3.8, 4) is 17.2 Å². The molecule has 23 nitrogen and oxygen atoms in total. The zero-order chi connectivity index (χ0) is 50.5. The number of carbonyl (C=O) groups is 8. The Morgan fingerprint density at radius 3 is 2.23 bits per heavy atom. The molecule has 2 aromatic carbocycles. The number of ether oxygens (including phenoxy) is 11. The normalized spacial score (nSPS) is 21.6. The molecule has 2 saturated heterocycles. The fraction of sp³-hybridized carbons (Fsp3) is 0.478. The van der Waals surface area contributed by atoms with E-state index in [1.807, 2.05) is 0 Å². The van der Waals surface area contributed by atoms with Crippen LogP contribution in [-0.2, 0) is 68.5 Å². The summed E-state index contributed by atoms with van der Waals surface area (Å²) in [6.07, 6.45) is -9.64. The van der Waals surface area contributed by atoms with Gasteiger partial charge in [-0.25, -0.2) is 14.5 Å². The summed E-state index contributed by atoms with van der Waals surface area (Å²) in [6.45, 7) is 10.3. The predicted octanol–water partition coefficient (Wildman–Crippen LogP) is 2.28. The second-order valence-electron chi connectivity index (χ2n) is 15.6. The molecule has 3 aliphatic rings. The molecule has 0 aromatic heterocycles. The first kappa shape index (κ1) is 52.7. The van der Waals surface area contributed by atoms with Crippen LogP contribution < -0.4 is 24.4 Å². The Balaban J connectivity index is 1.48. The number of rotatable bonds is 20. The number of benzene rings is 2. The number of hydrogen-bond acceptors (Lipinski definition) is 20. The molecule has 0 aliphatic carbocycles. The summed E-state index contributed by atoms with van der Waals surface area (Å²) < 4.78 is 60.4. The summed E-state index contributed by atoms with van der Waals surface area (Å²) in [5.41, 5.74) is 0.503. The molecule has 0 spiro atoms. The van der Waals surface area contributed by atoms with Gasteiger partial charge in [-0.15, -0.1) is 0 Å². The topological polar surface area (TPSA) is 277 Å². The van der Waals surface area contributed by atoms with E-state index >= 15 is 0 Å². The highest BCUT2D eigenvalue weighted by Crippen LogP contribution is 2.42. The van der Waals surface area contributed by atoms with Crippen molar-refractivity contribution in [3.05, 3.63) is 71.8 Å². The van der Waals surface area contributed by atoms with Crippen molar-refractivity contribution in [2.75, 3.05) is 59.1 Å². The second-order valence-corrected chi connectivity index (χ2v) is 15.6. The van der Waals surface area contributed by atoms with Gasteiger partial charge in [-0.2, -0.15) is 0 Å². The number of anilines is 1. The van der Waals surface area contributed by atoms with Gasteiger partial charge in [0.2, 0.25) is 12.4 Å². The second kappa shape index (κ2) is 24.2. The van der Waals surface area contributed by atoms with E-state index in [4.69, 9.17) is 52.1 Å². The number of aliphatic hydroxyl groups excluding tert-OH is 1. The molecule has 2 N–H and O–H groups in total. The molecular weight excluding hydrogens is 915 g/mol. The standard InChI is InChI=1S/C46H55N3O20/c1-9-15-63-36(53)11-10-16-62-35-21-31-29(20-34(35)60-7)42(55)48-22-24(2)18-32(48)43(56)49(31)46(58)64-23-28-12-13-33(30(19-28)41(54)47-14-17-59-6)68-45-40(67-27(5)52)38(66-26(4)51)37(65-25(3)50)39(69-45)44(57)61-8/h9,12-13,19-21,32,37-40,43,45,56H,1-2,10-11,14-18,22-23H2,3-8H3,(H,47,54)/t32-,37-,38-,39-,40+,43?,45+/m0/s1. The predicted molar refractivity (Wildman–Crippen MR) is 235 cm³/mol. The maximum Gasteiger partial charge on any atom is 0.416 e. The zero-order valence-electron chi connectivity index (χ0n) is 38.9. The third-order valence-corrected chi connectivity index (χ3v) is 10.6. The smallest absolute Gasteiger partial charge is 0.416 e. The largest absolute Gasteiger partial charge is 0.493 e. The molecule has 374 valence electrons. The molecule has 7 atom stereocenters. The molecule has 1 unspecified atom stereocenters. The summed E-state index contributed by atoms with van der Waals surface area (Å²) in [6, 6.07) is 5.75. The third kappa shape index (κ3) is 13.1. The van der Waals surface area contributed by atoms with Crippen LogP contribution in [-0.4, -0.2) is 155 Å². The van der Waals surface area contributed by atoms with Crippen LogP contribution in [0.25, 0.3) is 0 Å². The van der Waals surface area contributed by atoms with E-state index in [9.17, 15) is 43.5 Å². The number of esters is 5. The van der Waals surface area contributed by atoms with E-state index in [1.165, 1.54) is 55.5 Å². The molecule has 2 aromatic rings. The number of carbonyl (C=O) groups excluding carboxylic acids is 8. The monoisotopic (exact) mass is 969 g/mol.